The first-order valence-corrected chi connectivity index (χ1v) is 9.58. The molecule has 164 valence electrons. The van der Waals surface area contributed by atoms with Gasteiger partial charge in [-0.1, -0.05) is 12.1 Å². The summed E-state index contributed by atoms with van der Waals surface area (Å²) in [5.74, 6) is -0.690. The minimum Gasteiger partial charge on any atom is -0.502 e. The topological polar surface area (TPSA) is 163 Å². The first-order valence-electron chi connectivity index (χ1n) is 9.58. The van der Waals surface area contributed by atoms with Crippen LogP contribution in [-0.4, -0.2) is 32.1 Å². The van der Waals surface area contributed by atoms with E-state index in [-0.39, 0.29) is 11.5 Å². The molecule has 0 radical (unpaired) electrons. The number of fused-ring (bicyclic) bond motifs is 1. The number of aromatic amines is 1. The zero-order chi connectivity index (χ0) is 23.4. The lowest BCUT2D eigenvalue weighted by Gasteiger charge is -2.07. The van der Waals surface area contributed by atoms with Crippen LogP contribution in [0.15, 0.2) is 76.6 Å². The largest absolute Gasteiger partial charge is 0.502 e. The molecular formula is C22H16N6O5. The van der Waals surface area contributed by atoms with E-state index in [4.69, 9.17) is 0 Å². The Kier molecular flexibility index (Phi) is 5.76. The van der Waals surface area contributed by atoms with Crippen LogP contribution in [0.3, 0.4) is 0 Å². The molecule has 0 spiro atoms. The zero-order valence-corrected chi connectivity index (χ0v) is 16.9. The average Bonchev–Trinajstić information content (AvgIpc) is 2.80. The minimum atomic E-state index is -0.718. The van der Waals surface area contributed by atoms with E-state index in [2.05, 4.69) is 25.8 Å². The molecule has 1 amide bonds. The Hall–Kier alpha value is -5.06. The van der Waals surface area contributed by atoms with Gasteiger partial charge in [0, 0.05) is 22.9 Å². The highest BCUT2D eigenvalue weighted by molar-refractivity contribution is 5.95. The zero-order valence-electron chi connectivity index (χ0n) is 16.9. The van der Waals surface area contributed by atoms with Gasteiger partial charge in [0.2, 0.25) is 5.95 Å². The number of para-hydroxylation sites is 1. The second kappa shape index (κ2) is 8.98. The SMILES string of the molecule is O=C(N/N=C\c1ccc(O)c([N+](=O)[O-])c1)c1ccc(Nc2nc3ccccc3c(=O)[nH]2)cc1. The van der Waals surface area contributed by atoms with E-state index >= 15 is 0 Å². The van der Waals surface area contributed by atoms with E-state index in [1.807, 2.05) is 0 Å². The lowest BCUT2D eigenvalue weighted by Crippen LogP contribution is -2.17. The fraction of sp³-hybridized carbons (Fsp3) is 0. The van der Waals surface area contributed by atoms with Crippen molar-refractivity contribution in [1.29, 1.82) is 0 Å². The molecule has 0 saturated heterocycles. The van der Waals surface area contributed by atoms with Crippen LogP contribution in [0.5, 0.6) is 5.75 Å². The maximum atomic E-state index is 12.3. The van der Waals surface area contributed by atoms with Crippen LogP contribution in [0.4, 0.5) is 17.3 Å². The lowest BCUT2D eigenvalue weighted by atomic mass is 10.2. The van der Waals surface area contributed by atoms with Gasteiger partial charge in [-0.25, -0.2) is 10.4 Å². The molecule has 0 unspecified atom stereocenters. The van der Waals surface area contributed by atoms with Gasteiger partial charge in [-0.05, 0) is 48.5 Å². The summed E-state index contributed by atoms with van der Waals surface area (Å²) in [6.07, 6.45) is 1.22. The van der Waals surface area contributed by atoms with Gasteiger partial charge >= 0.3 is 5.69 Å². The molecule has 1 aromatic heterocycles. The van der Waals surface area contributed by atoms with Gasteiger partial charge in [-0.3, -0.25) is 24.7 Å². The third-order valence-corrected chi connectivity index (χ3v) is 4.60. The molecule has 0 atom stereocenters. The number of hydrogen-bond acceptors (Lipinski definition) is 8. The van der Waals surface area contributed by atoms with Crippen molar-refractivity contribution in [2.75, 3.05) is 5.32 Å². The molecule has 33 heavy (non-hydrogen) atoms. The number of hydrazone groups is 1. The summed E-state index contributed by atoms with van der Waals surface area (Å²) in [7, 11) is 0. The summed E-state index contributed by atoms with van der Waals surface area (Å²) in [4.78, 5) is 41.6. The fourth-order valence-corrected chi connectivity index (χ4v) is 2.98. The highest BCUT2D eigenvalue weighted by Gasteiger charge is 2.13. The molecule has 3 aromatic carbocycles. The van der Waals surface area contributed by atoms with Gasteiger partial charge < -0.3 is 10.4 Å². The number of nitrogens with zero attached hydrogens (tertiary/aromatic N) is 3. The molecular weight excluding hydrogens is 428 g/mol. The molecule has 0 saturated carbocycles. The molecule has 0 aliphatic heterocycles. The van der Waals surface area contributed by atoms with Crippen molar-refractivity contribution in [2.45, 2.75) is 0 Å². The summed E-state index contributed by atoms with van der Waals surface area (Å²) in [6.45, 7) is 0. The van der Waals surface area contributed by atoms with Gasteiger partial charge in [0.1, 0.15) is 0 Å². The highest BCUT2D eigenvalue weighted by Crippen LogP contribution is 2.25. The Morgan fingerprint density at radius 3 is 2.64 bits per heavy atom. The Bertz CT molecular complexity index is 1450. The van der Waals surface area contributed by atoms with Gasteiger partial charge in [0.05, 0.1) is 22.0 Å². The van der Waals surface area contributed by atoms with Gasteiger partial charge in [-0.15, -0.1) is 0 Å². The normalized spacial score (nSPS) is 10.9. The number of amides is 1. The number of carbonyl (C=O) groups excluding carboxylic acids is 1. The number of anilines is 2. The Labute approximate surface area is 185 Å². The van der Waals surface area contributed by atoms with E-state index in [0.717, 1.165) is 6.07 Å². The first kappa shape index (κ1) is 21.2. The third-order valence-electron chi connectivity index (χ3n) is 4.60. The van der Waals surface area contributed by atoms with E-state index in [0.29, 0.717) is 27.7 Å². The number of carbonyl (C=O) groups is 1. The van der Waals surface area contributed by atoms with Crippen molar-refractivity contribution in [3.05, 3.63) is 98.3 Å². The summed E-state index contributed by atoms with van der Waals surface area (Å²) in [5.41, 5.74) is 3.39. The Morgan fingerprint density at radius 2 is 1.88 bits per heavy atom. The number of nitro groups is 1. The summed E-state index contributed by atoms with van der Waals surface area (Å²) < 4.78 is 0. The molecule has 4 aromatic rings. The maximum absolute atomic E-state index is 12.3. The summed E-state index contributed by atoms with van der Waals surface area (Å²) in [6, 6.07) is 17.1. The molecule has 0 fully saturated rings. The average molecular weight is 444 g/mol. The van der Waals surface area contributed by atoms with E-state index < -0.39 is 22.3 Å². The van der Waals surface area contributed by atoms with Crippen LogP contribution in [0, 0.1) is 10.1 Å². The molecule has 0 aliphatic carbocycles. The molecule has 4 N–H and O–H groups in total. The Morgan fingerprint density at radius 1 is 1.12 bits per heavy atom. The predicted octanol–water partition coefficient (Wildman–Crippen LogP) is 3.04. The number of phenolic OH excluding ortho intramolecular Hbond substituents is 1. The smallest absolute Gasteiger partial charge is 0.311 e. The molecule has 11 nitrogen and oxygen atoms in total. The number of H-pyrrole nitrogens is 1. The highest BCUT2D eigenvalue weighted by atomic mass is 16.6. The van der Waals surface area contributed by atoms with E-state index in [1.165, 1.54) is 18.3 Å². The van der Waals surface area contributed by atoms with E-state index in [9.17, 15) is 24.8 Å². The van der Waals surface area contributed by atoms with Crippen molar-refractivity contribution in [2.24, 2.45) is 5.10 Å². The summed E-state index contributed by atoms with van der Waals surface area (Å²) in [5, 5.41) is 27.6. The van der Waals surface area contributed by atoms with Gasteiger partial charge in [0.25, 0.3) is 11.5 Å². The number of rotatable bonds is 6. The number of aromatic nitrogens is 2. The fourth-order valence-electron chi connectivity index (χ4n) is 2.98. The second-order valence-electron chi connectivity index (χ2n) is 6.84. The Balaban J connectivity index is 1.41. The van der Waals surface area contributed by atoms with Crippen LogP contribution >= 0.6 is 0 Å². The van der Waals surface area contributed by atoms with Crippen LogP contribution in [0.1, 0.15) is 15.9 Å². The van der Waals surface area contributed by atoms with Crippen molar-refractivity contribution < 1.29 is 14.8 Å². The van der Waals surface area contributed by atoms with Gasteiger partial charge in [-0.2, -0.15) is 5.10 Å². The van der Waals surface area contributed by atoms with E-state index in [1.54, 1.807) is 48.5 Å². The molecule has 4 rings (SSSR count). The minimum absolute atomic E-state index is 0.267. The third kappa shape index (κ3) is 4.82. The number of aromatic hydroxyl groups is 1. The van der Waals surface area contributed by atoms with Crippen molar-refractivity contribution in [3.8, 4) is 5.75 Å². The van der Waals surface area contributed by atoms with Crippen LogP contribution in [0.25, 0.3) is 10.9 Å². The standard InChI is InChI=1S/C22H16N6O5/c29-19-10-5-13(11-18(19)28(32)33)12-23-27-20(30)14-6-8-15(9-7-14)24-22-25-17-4-2-1-3-16(17)21(31)26-22/h1-12,29H,(H,27,30)(H2,24,25,26,31)/b23-12-. The number of benzene rings is 3. The number of nitro benzene ring substituents is 1. The predicted molar refractivity (Wildman–Crippen MR) is 122 cm³/mol. The molecule has 0 bridgehead atoms. The van der Waals surface area contributed by atoms with Crippen LogP contribution in [0.2, 0.25) is 0 Å². The quantitative estimate of drug-likeness (QED) is 0.202. The number of hydrogen-bond donors (Lipinski definition) is 4. The molecule has 0 aliphatic rings. The lowest BCUT2D eigenvalue weighted by molar-refractivity contribution is -0.385. The molecule has 11 heteroatoms. The summed E-state index contributed by atoms with van der Waals surface area (Å²) >= 11 is 0. The van der Waals surface area contributed by atoms with Crippen molar-refractivity contribution in [1.82, 2.24) is 15.4 Å². The number of phenols is 1. The first-order chi connectivity index (χ1) is 15.9. The maximum Gasteiger partial charge on any atom is 0.311 e. The van der Waals surface area contributed by atoms with Crippen molar-refractivity contribution in [3.63, 3.8) is 0 Å². The van der Waals surface area contributed by atoms with Crippen molar-refractivity contribution >= 4 is 40.3 Å². The second-order valence-corrected chi connectivity index (χ2v) is 6.84. The van der Waals surface area contributed by atoms with Crippen LogP contribution in [-0.2, 0) is 0 Å². The molecule has 1 heterocycles. The number of nitrogens with one attached hydrogen (secondary N) is 3. The monoisotopic (exact) mass is 444 g/mol. The van der Waals surface area contributed by atoms with Crippen LogP contribution < -0.4 is 16.3 Å². The van der Waals surface area contributed by atoms with Gasteiger partial charge in [0.15, 0.2) is 5.75 Å².